The third kappa shape index (κ3) is 7.87. The summed E-state index contributed by atoms with van der Waals surface area (Å²) in [5, 5.41) is 13.8. The van der Waals surface area contributed by atoms with Gasteiger partial charge in [0.25, 0.3) is 0 Å². The molecular formula is C20H38N2O3. The van der Waals surface area contributed by atoms with Crippen molar-refractivity contribution < 1.29 is 14.6 Å². The summed E-state index contributed by atoms with van der Waals surface area (Å²) in [7, 11) is 0. The molecule has 2 atom stereocenters. The zero-order chi connectivity index (χ0) is 18.5. The summed E-state index contributed by atoms with van der Waals surface area (Å²) in [5.74, 6) is -2.36. The van der Waals surface area contributed by atoms with E-state index in [1.165, 1.54) is 38.5 Å². The third-order valence-corrected chi connectivity index (χ3v) is 4.98. The van der Waals surface area contributed by atoms with E-state index in [1.807, 2.05) is 13.8 Å². The van der Waals surface area contributed by atoms with Crippen molar-refractivity contribution in [2.45, 2.75) is 90.8 Å². The fourth-order valence-electron chi connectivity index (χ4n) is 3.33. The molecular weight excluding hydrogens is 316 g/mol. The van der Waals surface area contributed by atoms with Gasteiger partial charge in [0.15, 0.2) is 5.79 Å². The number of hydrogen-bond acceptors (Lipinski definition) is 4. The van der Waals surface area contributed by atoms with Crippen molar-refractivity contribution in [1.82, 2.24) is 5.32 Å². The Morgan fingerprint density at radius 3 is 2.44 bits per heavy atom. The van der Waals surface area contributed by atoms with Crippen LogP contribution >= 0.6 is 0 Å². The van der Waals surface area contributed by atoms with E-state index >= 15 is 0 Å². The molecule has 0 saturated carbocycles. The average Bonchev–Trinajstić information content (AvgIpc) is 2.58. The Labute approximate surface area is 153 Å². The van der Waals surface area contributed by atoms with Gasteiger partial charge in [-0.2, -0.15) is 0 Å². The van der Waals surface area contributed by atoms with Crippen LogP contribution < -0.4 is 5.32 Å². The fourth-order valence-corrected chi connectivity index (χ4v) is 3.33. The molecule has 1 heterocycles. The highest BCUT2D eigenvalue weighted by atomic mass is 16.6. The number of hydrogen-bond donors (Lipinski definition) is 2. The van der Waals surface area contributed by atoms with Crippen LogP contribution in [0.5, 0.6) is 0 Å². The van der Waals surface area contributed by atoms with E-state index in [4.69, 9.17) is 4.74 Å². The normalized spacial score (nSPS) is 21.0. The van der Waals surface area contributed by atoms with Crippen molar-refractivity contribution in [3.05, 3.63) is 0 Å². The van der Waals surface area contributed by atoms with E-state index in [9.17, 15) is 9.90 Å². The number of carbonyl (C=O) groups excluding carboxylic acids is 1. The van der Waals surface area contributed by atoms with E-state index in [2.05, 4.69) is 17.2 Å². The van der Waals surface area contributed by atoms with Gasteiger partial charge in [0.05, 0.1) is 6.61 Å². The lowest BCUT2D eigenvalue weighted by molar-refractivity contribution is -0.224. The van der Waals surface area contributed by atoms with Gasteiger partial charge in [-0.15, -0.1) is 0 Å². The van der Waals surface area contributed by atoms with Crippen molar-refractivity contribution in [1.29, 1.82) is 0 Å². The number of ether oxygens (including phenoxy) is 1. The van der Waals surface area contributed by atoms with Crippen molar-refractivity contribution >= 4 is 11.6 Å². The van der Waals surface area contributed by atoms with Crippen molar-refractivity contribution in [3.8, 4) is 0 Å². The van der Waals surface area contributed by atoms with Gasteiger partial charge in [0, 0.05) is 18.8 Å². The molecule has 1 aliphatic rings. The van der Waals surface area contributed by atoms with Crippen LogP contribution in [-0.4, -0.2) is 42.2 Å². The van der Waals surface area contributed by atoms with Crippen LogP contribution in [0.2, 0.25) is 0 Å². The molecule has 0 fully saturated rings. The minimum atomic E-state index is -1.46. The molecule has 0 aromatic heterocycles. The summed E-state index contributed by atoms with van der Waals surface area (Å²) in [6.07, 6.45) is 11.0. The summed E-state index contributed by atoms with van der Waals surface area (Å²) in [6.45, 7) is 7.67. The Morgan fingerprint density at radius 1 is 1.16 bits per heavy atom. The highest BCUT2D eigenvalue weighted by Gasteiger charge is 2.43. The summed E-state index contributed by atoms with van der Waals surface area (Å²) < 4.78 is 5.81. The van der Waals surface area contributed by atoms with Crippen molar-refractivity contribution in [2.24, 2.45) is 10.9 Å². The van der Waals surface area contributed by atoms with E-state index in [0.717, 1.165) is 19.3 Å². The van der Waals surface area contributed by atoms with Crippen LogP contribution in [0.1, 0.15) is 85.0 Å². The number of nitrogens with one attached hydrogen (secondary N) is 1. The Balaban J connectivity index is 2.41. The number of amides is 1. The van der Waals surface area contributed by atoms with E-state index in [0.29, 0.717) is 31.8 Å². The predicted octanol–water partition coefficient (Wildman–Crippen LogP) is 3.84. The lowest BCUT2D eigenvalue weighted by Gasteiger charge is -2.35. The molecule has 1 rings (SSSR count). The lowest BCUT2D eigenvalue weighted by atomic mass is 9.90. The first-order chi connectivity index (χ1) is 12.0. The van der Waals surface area contributed by atoms with Gasteiger partial charge in [0.2, 0.25) is 5.91 Å². The second-order valence-electron chi connectivity index (χ2n) is 7.12. The first kappa shape index (κ1) is 22.1. The molecule has 0 spiro atoms. The molecule has 0 aliphatic carbocycles. The Morgan fingerprint density at radius 2 is 1.80 bits per heavy atom. The lowest BCUT2D eigenvalue weighted by Crippen LogP contribution is -2.52. The number of unbranched alkanes of at least 4 members (excludes halogenated alkanes) is 7. The van der Waals surface area contributed by atoms with E-state index in [-0.39, 0.29) is 5.91 Å². The zero-order valence-electron chi connectivity index (χ0n) is 16.5. The van der Waals surface area contributed by atoms with E-state index < -0.39 is 11.7 Å². The molecule has 0 bridgehead atoms. The fraction of sp³-hybridized carbons (Fsp3) is 0.900. The van der Waals surface area contributed by atoms with Crippen molar-refractivity contribution in [3.63, 3.8) is 0 Å². The molecule has 25 heavy (non-hydrogen) atoms. The predicted molar refractivity (Wildman–Crippen MR) is 103 cm³/mol. The van der Waals surface area contributed by atoms with Crippen LogP contribution in [0.15, 0.2) is 4.99 Å². The monoisotopic (exact) mass is 354 g/mol. The first-order valence-electron chi connectivity index (χ1n) is 10.2. The molecule has 1 amide bonds. The smallest absolute Gasteiger partial charge is 0.234 e. The standard InChI is InChI=1S/C20H38N2O3/c1-4-6-7-8-9-10-11-12-16-25-20(24,5-2)18-17(3)21-14-13-15-22-19(18)23/h18,24H,4-16H2,1-3H3,(H,22,23). The first-order valence-corrected chi connectivity index (χ1v) is 10.2. The molecule has 2 N–H and O–H groups in total. The van der Waals surface area contributed by atoms with Crippen LogP contribution in [0, 0.1) is 5.92 Å². The van der Waals surface area contributed by atoms with Gasteiger partial charge in [-0.05, 0) is 26.2 Å². The summed E-state index contributed by atoms with van der Waals surface area (Å²) in [4.78, 5) is 16.8. The Kier molecular flexibility index (Phi) is 11.0. The minimum Gasteiger partial charge on any atom is -0.364 e. The van der Waals surface area contributed by atoms with Gasteiger partial charge in [-0.1, -0.05) is 58.8 Å². The minimum absolute atomic E-state index is 0.179. The topological polar surface area (TPSA) is 70.9 Å². The molecule has 0 aromatic carbocycles. The molecule has 5 heteroatoms. The molecule has 0 aromatic rings. The quantitative estimate of drug-likeness (QED) is 0.413. The van der Waals surface area contributed by atoms with Gasteiger partial charge in [-0.3, -0.25) is 9.79 Å². The SMILES string of the molecule is CCCCCCCCCCOC(O)(CC)C1C(=O)NCCCN=C1C. The maximum Gasteiger partial charge on any atom is 0.234 e. The van der Waals surface area contributed by atoms with Crippen LogP contribution in [0.25, 0.3) is 0 Å². The number of aliphatic imine (C=N–C) groups is 1. The second kappa shape index (κ2) is 12.4. The molecule has 5 nitrogen and oxygen atoms in total. The summed E-state index contributed by atoms with van der Waals surface area (Å²) in [5.41, 5.74) is 0.664. The Bertz CT molecular complexity index is 412. The second-order valence-corrected chi connectivity index (χ2v) is 7.12. The number of nitrogens with zero attached hydrogens (tertiary/aromatic N) is 1. The summed E-state index contributed by atoms with van der Waals surface area (Å²) in [6, 6.07) is 0. The van der Waals surface area contributed by atoms with Crippen LogP contribution in [0.4, 0.5) is 0 Å². The van der Waals surface area contributed by atoms with E-state index in [1.54, 1.807) is 0 Å². The highest BCUT2D eigenvalue weighted by Crippen LogP contribution is 2.26. The Hall–Kier alpha value is -0.940. The maximum atomic E-state index is 12.4. The van der Waals surface area contributed by atoms with Crippen LogP contribution in [-0.2, 0) is 9.53 Å². The van der Waals surface area contributed by atoms with Crippen molar-refractivity contribution in [2.75, 3.05) is 19.7 Å². The average molecular weight is 355 g/mol. The number of aliphatic hydroxyl groups is 1. The highest BCUT2D eigenvalue weighted by molar-refractivity contribution is 6.04. The molecule has 0 saturated heterocycles. The number of rotatable bonds is 12. The maximum absolute atomic E-state index is 12.4. The third-order valence-electron chi connectivity index (χ3n) is 4.98. The van der Waals surface area contributed by atoms with Gasteiger partial charge < -0.3 is 15.2 Å². The molecule has 0 radical (unpaired) electrons. The molecule has 2 unspecified atom stereocenters. The number of carbonyl (C=O) groups is 1. The van der Waals surface area contributed by atoms with Crippen LogP contribution in [0.3, 0.4) is 0 Å². The van der Waals surface area contributed by atoms with Gasteiger partial charge in [-0.25, -0.2) is 0 Å². The molecule has 1 aliphatic heterocycles. The van der Waals surface area contributed by atoms with Gasteiger partial charge >= 0.3 is 0 Å². The summed E-state index contributed by atoms with van der Waals surface area (Å²) >= 11 is 0. The molecule has 146 valence electrons. The van der Waals surface area contributed by atoms with Gasteiger partial charge in [0.1, 0.15) is 5.92 Å². The largest absolute Gasteiger partial charge is 0.364 e. The zero-order valence-corrected chi connectivity index (χ0v) is 16.5.